The number of nitrogens with one attached hydrogen (secondary N) is 2. The van der Waals surface area contributed by atoms with E-state index in [2.05, 4.69) is 10.6 Å². The Morgan fingerprint density at radius 2 is 1.91 bits per heavy atom. The Hall–Kier alpha value is -1.18. The number of halogens is 2. The van der Waals surface area contributed by atoms with Crippen molar-refractivity contribution in [3.63, 3.8) is 0 Å². The van der Waals surface area contributed by atoms with Gasteiger partial charge < -0.3 is 10.6 Å². The van der Waals surface area contributed by atoms with Crippen LogP contribution in [0.5, 0.6) is 0 Å². The van der Waals surface area contributed by atoms with Crippen molar-refractivity contribution in [1.29, 1.82) is 0 Å². The third-order valence-corrected chi connectivity index (χ3v) is 6.19. The molecule has 0 radical (unpaired) electrons. The number of carbonyl (C=O) groups is 1. The van der Waals surface area contributed by atoms with Crippen LogP contribution in [-0.2, 0) is 21.1 Å². The fourth-order valence-electron chi connectivity index (χ4n) is 2.77. The normalized spacial score (nSPS) is 17.1. The summed E-state index contributed by atoms with van der Waals surface area (Å²) in [5, 5.41) is 5.72. The Bertz CT molecular complexity index is 646. The molecule has 2 N–H and O–H groups in total. The lowest BCUT2D eigenvalue weighted by Crippen LogP contribution is -2.57. The number of amides is 1. The van der Waals surface area contributed by atoms with E-state index < -0.39 is 20.5 Å². The van der Waals surface area contributed by atoms with E-state index >= 15 is 0 Å². The Kier molecular flexibility index (Phi) is 6.98. The van der Waals surface area contributed by atoms with Crippen LogP contribution in [0, 0.1) is 5.82 Å². The summed E-state index contributed by atoms with van der Waals surface area (Å²) in [4.78, 5) is 12.4. The van der Waals surface area contributed by atoms with E-state index in [9.17, 15) is 17.6 Å². The van der Waals surface area contributed by atoms with Crippen molar-refractivity contribution in [3.8, 4) is 0 Å². The lowest BCUT2D eigenvalue weighted by atomic mass is 9.95. The predicted octanol–water partition coefficient (Wildman–Crippen LogP) is 1.07. The molecule has 1 aliphatic rings. The molecule has 1 fully saturated rings. The second kappa shape index (κ2) is 8.08. The quantitative estimate of drug-likeness (QED) is 0.819. The van der Waals surface area contributed by atoms with Gasteiger partial charge in [0.2, 0.25) is 5.91 Å². The van der Waals surface area contributed by atoms with Crippen molar-refractivity contribution in [3.05, 3.63) is 35.6 Å². The third kappa shape index (κ3) is 4.43. The molecule has 1 amide bonds. The number of sulfone groups is 1. The van der Waals surface area contributed by atoms with Gasteiger partial charge in [-0.3, -0.25) is 4.79 Å². The van der Waals surface area contributed by atoms with Crippen LogP contribution < -0.4 is 10.6 Å². The second-order valence-corrected chi connectivity index (χ2v) is 7.94. The summed E-state index contributed by atoms with van der Waals surface area (Å²) in [5.41, 5.74) is 0.501. The van der Waals surface area contributed by atoms with Crippen molar-refractivity contribution >= 4 is 28.2 Å². The van der Waals surface area contributed by atoms with Gasteiger partial charge >= 0.3 is 0 Å². The van der Waals surface area contributed by atoms with Gasteiger partial charge in [0.15, 0.2) is 14.6 Å². The van der Waals surface area contributed by atoms with Gasteiger partial charge in [0.25, 0.3) is 0 Å². The summed E-state index contributed by atoms with van der Waals surface area (Å²) in [6, 6.07) is 6.34. The zero-order valence-electron chi connectivity index (χ0n) is 13.0. The molecule has 1 aliphatic heterocycles. The molecule has 8 heteroatoms. The highest BCUT2D eigenvalue weighted by molar-refractivity contribution is 7.92. The van der Waals surface area contributed by atoms with Crippen LogP contribution in [0.1, 0.15) is 18.4 Å². The minimum Gasteiger partial charge on any atom is -0.354 e. The maximum Gasteiger partial charge on any atom is 0.241 e. The first-order valence-electron chi connectivity index (χ1n) is 7.29. The average Bonchev–Trinajstić information content (AvgIpc) is 2.48. The van der Waals surface area contributed by atoms with Crippen molar-refractivity contribution in [2.75, 3.05) is 25.9 Å². The van der Waals surface area contributed by atoms with Gasteiger partial charge in [-0.15, -0.1) is 12.4 Å². The van der Waals surface area contributed by atoms with Crippen molar-refractivity contribution < 1.29 is 17.6 Å². The maximum atomic E-state index is 13.5. The van der Waals surface area contributed by atoms with Gasteiger partial charge in [-0.05, 0) is 44.0 Å². The van der Waals surface area contributed by atoms with Gasteiger partial charge in [0.05, 0.1) is 0 Å². The SMILES string of the molecule is CS(=O)(=O)C1(C(=O)NCCc2ccccc2F)CCNCC1.Cl. The van der Waals surface area contributed by atoms with Gasteiger partial charge in [-0.25, -0.2) is 12.8 Å². The van der Waals surface area contributed by atoms with E-state index in [0.717, 1.165) is 6.26 Å². The highest BCUT2D eigenvalue weighted by atomic mass is 35.5. The predicted molar refractivity (Wildman–Crippen MR) is 90.0 cm³/mol. The molecule has 130 valence electrons. The van der Waals surface area contributed by atoms with Crippen LogP contribution in [0.25, 0.3) is 0 Å². The molecule has 1 heterocycles. The van der Waals surface area contributed by atoms with Gasteiger partial charge in [0.1, 0.15) is 5.82 Å². The fraction of sp³-hybridized carbons (Fsp3) is 0.533. The zero-order valence-corrected chi connectivity index (χ0v) is 14.6. The van der Waals surface area contributed by atoms with Crippen molar-refractivity contribution in [1.82, 2.24) is 10.6 Å². The second-order valence-electron chi connectivity index (χ2n) is 5.61. The molecule has 0 atom stereocenters. The lowest BCUT2D eigenvalue weighted by molar-refractivity contribution is -0.124. The molecular formula is C15H22ClFN2O3S. The summed E-state index contributed by atoms with van der Waals surface area (Å²) in [5.74, 6) is -0.802. The first-order valence-corrected chi connectivity index (χ1v) is 9.18. The first-order chi connectivity index (χ1) is 10.4. The van der Waals surface area contributed by atoms with Crippen LogP contribution in [0.2, 0.25) is 0 Å². The van der Waals surface area contributed by atoms with Crippen LogP contribution in [0.4, 0.5) is 4.39 Å². The molecule has 0 spiro atoms. The Balaban J connectivity index is 0.00000264. The molecule has 0 aliphatic carbocycles. The Morgan fingerprint density at radius 3 is 2.48 bits per heavy atom. The molecular weight excluding hydrogens is 343 g/mol. The smallest absolute Gasteiger partial charge is 0.241 e. The first kappa shape index (κ1) is 19.9. The van der Waals surface area contributed by atoms with E-state index in [-0.39, 0.29) is 37.6 Å². The summed E-state index contributed by atoms with van der Waals surface area (Å²) in [7, 11) is -3.52. The molecule has 0 unspecified atom stereocenters. The van der Waals surface area contributed by atoms with E-state index in [1.54, 1.807) is 18.2 Å². The third-order valence-electron chi connectivity index (χ3n) is 4.17. The van der Waals surface area contributed by atoms with Crippen LogP contribution in [0.3, 0.4) is 0 Å². The van der Waals surface area contributed by atoms with Gasteiger partial charge in [-0.1, -0.05) is 18.2 Å². The number of benzene rings is 1. The average molecular weight is 365 g/mol. The standard InChI is InChI=1S/C15H21FN2O3S.ClH/c1-22(20,21)15(7-10-17-11-8-15)14(19)18-9-6-12-4-2-3-5-13(12)16;/h2-5,17H,6-11H2,1H3,(H,18,19);1H. The largest absolute Gasteiger partial charge is 0.354 e. The maximum absolute atomic E-state index is 13.5. The van der Waals surface area contributed by atoms with Gasteiger partial charge in [0, 0.05) is 12.8 Å². The van der Waals surface area contributed by atoms with Gasteiger partial charge in [-0.2, -0.15) is 0 Å². The summed E-state index contributed by atoms with van der Waals surface area (Å²) in [6.07, 6.45) is 1.96. The number of piperidine rings is 1. The highest BCUT2D eigenvalue weighted by Gasteiger charge is 2.48. The summed E-state index contributed by atoms with van der Waals surface area (Å²) < 4.78 is 36.3. The lowest BCUT2D eigenvalue weighted by Gasteiger charge is -2.34. The minimum atomic E-state index is -3.52. The van der Waals surface area contributed by atoms with Crippen LogP contribution in [0.15, 0.2) is 24.3 Å². The van der Waals surface area contributed by atoms with Crippen LogP contribution in [-0.4, -0.2) is 45.0 Å². The number of carbonyl (C=O) groups excluding carboxylic acids is 1. The molecule has 23 heavy (non-hydrogen) atoms. The van der Waals surface area contributed by atoms with Crippen molar-refractivity contribution in [2.24, 2.45) is 0 Å². The molecule has 2 rings (SSSR count). The number of hydrogen-bond donors (Lipinski definition) is 2. The zero-order chi connectivity index (χ0) is 16.2. The van der Waals surface area contributed by atoms with E-state index in [1.807, 2.05) is 0 Å². The number of hydrogen-bond acceptors (Lipinski definition) is 4. The number of rotatable bonds is 5. The molecule has 1 aromatic carbocycles. The Morgan fingerprint density at radius 1 is 1.30 bits per heavy atom. The fourth-order valence-corrected chi connectivity index (χ4v) is 4.12. The van der Waals surface area contributed by atoms with E-state index in [4.69, 9.17) is 0 Å². The summed E-state index contributed by atoms with van der Waals surface area (Å²) in [6.45, 7) is 1.20. The van der Waals surface area contributed by atoms with Crippen molar-refractivity contribution in [2.45, 2.75) is 24.0 Å². The minimum absolute atomic E-state index is 0. The van der Waals surface area contributed by atoms with E-state index in [0.29, 0.717) is 25.1 Å². The Labute approximate surface area is 142 Å². The summed E-state index contributed by atoms with van der Waals surface area (Å²) >= 11 is 0. The molecule has 5 nitrogen and oxygen atoms in total. The molecule has 1 saturated heterocycles. The molecule has 0 saturated carbocycles. The highest BCUT2D eigenvalue weighted by Crippen LogP contribution is 2.27. The molecule has 0 aromatic heterocycles. The van der Waals surface area contributed by atoms with E-state index in [1.165, 1.54) is 6.07 Å². The molecule has 0 bridgehead atoms. The van der Waals surface area contributed by atoms with Crippen LogP contribution >= 0.6 is 12.4 Å². The molecule has 1 aromatic rings. The monoisotopic (exact) mass is 364 g/mol. The topological polar surface area (TPSA) is 75.3 Å².